The van der Waals surface area contributed by atoms with Gasteiger partial charge in [-0.1, -0.05) is 18.2 Å². The van der Waals surface area contributed by atoms with Crippen LogP contribution >= 0.6 is 0 Å². The van der Waals surface area contributed by atoms with E-state index in [4.69, 9.17) is 0 Å². The zero-order chi connectivity index (χ0) is 19.5. The zero-order valence-electron chi connectivity index (χ0n) is 15.3. The lowest BCUT2D eigenvalue weighted by molar-refractivity contribution is 0.0600. The van der Waals surface area contributed by atoms with E-state index in [9.17, 15) is 9.59 Å². The van der Waals surface area contributed by atoms with E-state index < -0.39 is 5.97 Å². The highest BCUT2D eigenvalue weighted by Crippen LogP contribution is 2.28. The number of amides is 1. The van der Waals surface area contributed by atoms with Crippen LogP contribution in [0.15, 0.2) is 60.9 Å². The number of aromatic nitrogens is 2. The Morgan fingerprint density at radius 3 is 2.43 bits per heavy atom. The lowest BCUT2D eigenvalue weighted by Gasteiger charge is -2.17. The van der Waals surface area contributed by atoms with E-state index >= 15 is 0 Å². The molecule has 1 amide bonds. The second-order valence-electron chi connectivity index (χ2n) is 6.32. The summed E-state index contributed by atoms with van der Waals surface area (Å²) in [5.74, 6) is -0.141. The highest BCUT2D eigenvalue weighted by molar-refractivity contribution is 6.07. The van der Waals surface area contributed by atoms with Crippen molar-refractivity contribution in [1.82, 2.24) is 9.97 Å². The number of benzene rings is 2. The second kappa shape index (κ2) is 7.48. The van der Waals surface area contributed by atoms with Crippen molar-refractivity contribution in [2.75, 3.05) is 23.9 Å². The highest BCUT2D eigenvalue weighted by Gasteiger charge is 2.25. The molecule has 1 aliphatic rings. The van der Waals surface area contributed by atoms with Crippen LogP contribution in [0.2, 0.25) is 0 Å². The van der Waals surface area contributed by atoms with E-state index in [2.05, 4.69) is 20.0 Å². The third-order valence-corrected chi connectivity index (χ3v) is 4.59. The number of hydrogen-bond donors (Lipinski definition) is 1. The maximum Gasteiger partial charge on any atom is 0.337 e. The molecule has 4 rings (SSSR count). The fourth-order valence-electron chi connectivity index (χ4n) is 3.14. The Morgan fingerprint density at radius 2 is 1.71 bits per heavy atom. The molecule has 0 unspecified atom stereocenters. The Labute approximate surface area is 162 Å². The first-order chi connectivity index (χ1) is 13.7. The van der Waals surface area contributed by atoms with Crippen LogP contribution in [0.1, 0.15) is 26.3 Å². The first-order valence-electron chi connectivity index (χ1n) is 8.83. The summed E-state index contributed by atoms with van der Waals surface area (Å²) in [6, 6.07) is 14.7. The summed E-state index contributed by atoms with van der Waals surface area (Å²) >= 11 is 0. The van der Waals surface area contributed by atoms with Gasteiger partial charge in [-0.05, 0) is 42.3 Å². The molecule has 140 valence electrons. The van der Waals surface area contributed by atoms with Gasteiger partial charge in [0.25, 0.3) is 5.91 Å². The molecular weight excluding hydrogens is 356 g/mol. The summed E-state index contributed by atoms with van der Waals surface area (Å²) in [7, 11) is 1.34. The molecule has 0 aliphatic carbocycles. The number of methoxy groups -OCH3 is 1. The number of carbonyl (C=O) groups excluding carboxylic acids is 2. The molecule has 2 heterocycles. The lowest BCUT2D eigenvalue weighted by atomic mass is 10.2. The van der Waals surface area contributed by atoms with Crippen LogP contribution in [0.3, 0.4) is 0 Å². The van der Waals surface area contributed by atoms with Crippen LogP contribution in [0.5, 0.6) is 0 Å². The van der Waals surface area contributed by atoms with E-state index in [0.717, 1.165) is 17.8 Å². The SMILES string of the molecule is COC(=O)c1ccc(Nc2ncc(C(=O)N3CCc4ccccc43)cn2)cc1. The number of anilines is 3. The van der Waals surface area contributed by atoms with Gasteiger partial charge in [-0.25, -0.2) is 14.8 Å². The molecule has 0 fully saturated rings. The quantitative estimate of drug-likeness (QED) is 0.706. The molecule has 0 atom stereocenters. The number of hydrogen-bond acceptors (Lipinski definition) is 6. The highest BCUT2D eigenvalue weighted by atomic mass is 16.5. The number of para-hydroxylation sites is 1. The van der Waals surface area contributed by atoms with Gasteiger partial charge in [-0.2, -0.15) is 0 Å². The third kappa shape index (κ3) is 3.42. The number of fused-ring (bicyclic) bond motifs is 1. The van der Waals surface area contributed by atoms with Gasteiger partial charge in [0.2, 0.25) is 5.95 Å². The van der Waals surface area contributed by atoms with Crippen molar-refractivity contribution in [3.8, 4) is 0 Å². The maximum absolute atomic E-state index is 12.8. The number of ether oxygens (including phenoxy) is 1. The Kier molecular flexibility index (Phi) is 4.72. The number of nitrogens with one attached hydrogen (secondary N) is 1. The molecule has 3 aromatic rings. The second-order valence-corrected chi connectivity index (χ2v) is 6.32. The van der Waals surface area contributed by atoms with E-state index in [1.165, 1.54) is 25.1 Å². The topological polar surface area (TPSA) is 84.4 Å². The molecule has 0 bridgehead atoms. The number of esters is 1. The van der Waals surface area contributed by atoms with Gasteiger partial charge in [0.05, 0.1) is 18.2 Å². The van der Waals surface area contributed by atoms with Crippen LogP contribution in [-0.2, 0) is 11.2 Å². The van der Waals surface area contributed by atoms with E-state index in [0.29, 0.717) is 23.6 Å². The van der Waals surface area contributed by atoms with Crippen LogP contribution in [0, 0.1) is 0 Å². The summed E-state index contributed by atoms with van der Waals surface area (Å²) in [6.07, 6.45) is 3.88. The zero-order valence-corrected chi connectivity index (χ0v) is 15.3. The molecule has 2 aromatic carbocycles. The van der Waals surface area contributed by atoms with Crippen molar-refractivity contribution in [2.45, 2.75) is 6.42 Å². The fraction of sp³-hybridized carbons (Fsp3) is 0.143. The summed E-state index contributed by atoms with van der Waals surface area (Å²) in [5, 5.41) is 3.04. The smallest absolute Gasteiger partial charge is 0.337 e. The normalized spacial score (nSPS) is 12.4. The predicted molar refractivity (Wildman–Crippen MR) is 105 cm³/mol. The summed E-state index contributed by atoms with van der Waals surface area (Å²) in [6.45, 7) is 0.657. The minimum Gasteiger partial charge on any atom is -0.465 e. The van der Waals surface area contributed by atoms with Crippen molar-refractivity contribution in [3.05, 3.63) is 77.6 Å². The Morgan fingerprint density at radius 1 is 1.00 bits per heavy atom. The van der Waals surface area contributed by atoms with Crippen LogP contribution < -0.4 is 10.2 Å². The van der Waals surface area contributed by atoms with Gasteiger partial charge in [0, 0.05) is 30.3 Å². The van der Waals surface area contributed by atoms with Crippen molar-refractivity contribution in [3.63, 3.8) is 0 Å². The van der Waals surface area contributed by atoms with Crippen molar-refractivity contribution in [2.24, 2.45) is 0 Å². The Hall–Kier alpha value is -3.74. The monoisotopic (exact) mass is 374 g/mol. The molecule has 7 heteroatoms. The Bertz CT molecular complexity index is 1020. The largest absolute Gasteiger partial charge is 0.465 e. The van der Waals surface area contributed by atoms with Crippen LogP contribution in [-0.4, -0.2) is 35.5 Å². The minimum atomic E-state index is -0.394. The molecule has 0 spiro atoms. The van der Waals surface area contributed by atoms with Crippen molar-refractivity contribution >= 4 is 29.2 Å². The first-order valence-corrected chi connectivity index (χ1v) is 8.83. The molecule has 7 nitrogen and oxygen atoms in total. The van der Waals surface area contributed by atoms with Crippen LogP contribution in [0.4, 0.5) is 17.3 Å². The Balaban J connectivity index is 1.46. The predicted octanol–water partition coefficient (Wildman–Crippen LogP) is 3.21. The van der Waals surface area contributed by atoms with Gasteiger partial charge in [0.1, 0.15) is 0 Å². The standard InChI is InChI=1S/C21H18N4O3/c1-28-20(27)15-6-8-17(9-7-15)24-21-22-12-16(13-23-21)19(26)25-11-10-14-4-2-3-5-18(14)25/h2-9,12-13H,10-11H2,1H3,(H,22,23,24). The van der Waals surface area contributed by atoms with Gasteiger partial charge in [-0.3, -0.25) is 4.79 Å². The van der Waals surface area contributed by atoms with Gasteiger partial charge in [-0.15, -0.1) is 0 Å². The van der Waals surface area contributed by atoms with E-state index in [1.54, 1.807) is 29.2 Å². The molecular formula is C21H18N4O3. The lowest BCUT2D eigenvalue weighted by Crippen LogP contribution is -2.29. The van der Waals surface area contributed by atoms with Crippen molar-refractivity contribution < 1.29 is 14.3 Å². The molecule has 1 N–H and O–H groups in total. The van der Waals surface area contributed by atoms with Gasteiger partial charge < -0.3 is 15.0 Å². The average Bonchev–Trinajstić information content (AvgIpc) is 3.18. The molecule has 1 aromatic heterocycles. The average molecular weight is 374 g/mol. The summed E-state index contributed by atoms with van der Waals surface area (Å²) in [4.78, 5) is 34.5. The van der Waals surface area contributed by atoms with Crippen molar-refractivity contribution in [1.29, 1.82) is 0 Å². The molecule has 0 radical (unpaired) electrons. The maximum atomic E-state index is 12.8. The van der Waals surface area contributed by atoms with E-state index in [-0.39, 0.29) is 5.91 Å². The van der Waals surface area contributed by atoms with Gasteiger partial charge in [0.15, 0.2) is 0 Å². The van der Waals surface area contributed by atoms with E-state index in [1.807, 2.05) is 24.3 Å². The number of nitrogens with zero attached hydrogens (tertiary/aromatic N) is 3. The number of carbonyl (C=O) groups is 2. The third-order valence-electron chi connectivity index (χ3n) is 4.59. The number of rotatable bonds is 4. The molecule has 1 aliphatic heterocycles. The molecule has 28 heavy (non-hydrogen) atoms. The molecule has 0 saturated heterocycles. The fourth-order valence-corrected chi connectivity index (χ4v) is 3.14. The molecule has 0 saturated carbocycles. The minimum absolute atomic E-state index is 0.112. The van der Waals surface area contributed by atoms with Crippen LogP contribution in [0.25, 0.3) is 0 Å². The van der Waals surface area contributed by atoms with Gasteiger partial charge >= 0.3 is 5.97 Å². The first kappa shape index (κ1) is 17.7. The summed E-state index contributed by atoms with van der Waals surface area (Å²) in [5.41, 5.74) is 3.73. The summed E-state index contributed by atoms with van der Waals surface area (Å²) < 4.78 is 4.67.